The average Bonchev–Trinajstić information content (AvgIpc) is 3.05. The highest BCUT2D eigenvalue weighted by Gasteiger charge is 2.32. The predicted octanol–water partition coefficient (Wildman–Crippen LogP) is 5.18. The number of thioether (sulfide) groups is 1. The number of aryl methyl sites for hydroxylation is 1. The summed E-state index contributed by atoms with van der Waals surface area (Å²) in [6.45, 7) is 2.41. The number of aromatic nitrogens is 2. The summed E-state index contributed by atoms with van der Waals surface area (Å²) in [5.74, 6) is 0.454. The van der Waals surface area contributed by atoms with Crippen LogP contribution >= 0.6 is 35.0 Å². The van der Waals surface area contributed by atoms with Gasteiger partial charge in [-0.15, -0.1) is 11.8 Å². The van der Waals surface area contributed by atoms with Gasteiger partial charge in [0.15, 0.2) is 0 Å². The van der Waals surface area contributed by atoms with Crippen LogP contribution in [0.25, 0.3) is 0 Å². The third kappa shape index (κ3) is 4.59. The minimum absolute atomic E-state index is 0.354. The van der Waals surface area contributed by atoms with Crippen LogP contribution in [0.5, 0.6) is 0 Å². The number of hydrogen-bond donors (Lipinski definition) is 1. The molecule has 0 aliphatic carbocycles. The Morgan fingerprint density at radius 2 is 2.04 bits per heavy atom. The molecule has 25 heavy (non-hydrogen) atoms. The smallest absolute Gasteiger partial charge is 0.118 e. The van der Waals surface area contributed by atoms with Gasteiger partial charge in [0.1, 0.15) is 5.60 Å². The van der Waals surface area contributed by atoms with Crippen LogP contribution in [-0.4, -0.2) is 20.4 Å². The Hall–Kier alpha value is -1.46. The van der Waals surface area contributed by atoms with E-state index >= 15 is 0 Å². The van der Waals surface area contributed by atoms with E-state index in [9.17, 15) is 5.11 Å². The first-order valence-electron chi connectivity index (χ1n) is 7.79. The van der Waals surface area contributed by atoms with Crippen molar-refractivity contribution in [1.29, 1.82) is 0 Å². The molecule has 0 bridgehead atoms. The molecule has 3 nitrogen and oxygen atoms in total. The maximum absolute atomic E-state index is 11.5. The molecule has 6 heteroatoms. The highest BCUT2D eigenvalue weighted by Crippen LogP contribution is 2.36. The Morgan fingerprint density at radius 3 is 2.72 bits per heavy atom. The summed E-state index contributed by atoms with van der Waals surface area (Å²) in [5.41, 5.74) is 0.691. The zero-order valence-corrected chi connectivity index (χ0v) is 16.0. The molecule has 1 unspecified atom stereocenters. The lowest BCUT2D eigenvalue weighted by atomic mass is 9.95. The fraction of sp³-hybridized carbons (Fsp3) is 0.211. The third-order valence-corrected chi connectivity index (χ3v) is 5.66. The van der Waals surface area contributed by atoms with Gasteiger partial charge in [-0.3, -0.25) is 0 Å². The van der Waals surface area contributed by atoms with Crippen molar-refractivity contribution in [3.05, 3.63) is 82.4 Å². The van der Waals surface area contributed by atoms with Crippen LogP contribution in [0.15, 0.2) is 66.1 Å². The molecule has 0 aliphatic rings. The quantitative estimate of drug-likeness (QED) is 0.587. The Balaban J connectivity index is 1.90. The molecule has 0 radical (unpaired) electrons. The summed E-state index contributed by atoms with van der Waals surface area (Å²) >= 11 is 14.0. The van der Waals surface area contributed by atoms with Crippen molar-refractivity contribution < 1.29 is 5.11 Å². The fourth-order valence-electron chi connectivity index (χ4n) is 2.67. The molecule has 3 rings (SSSR count). The van der Waals surface area contributed by atoms with Crippen molar-refractivity contribution >= 4 is 35.0 Å². The summed E-state index contributed by atoms with van der Waals surface area (Å²) in [6.07, 6.45) is 5.20. The van der Waals surface area contributed by atoms with Gasteiger partial charge in [0, 0.05) is 38.7 Å². The van der Waals surface area contributed by atoms with Gasteiger partial charge in [-0.05, 0) is 31.2 Å². The number of halogens is 2. The lowest BCUT2D eigenvalue weighted by Crippen LogP contribution is -2.34. The molecule has 1 atom stereocenters. The van der Waals surface area contributed by atoms with Crippen molar-refractivity contribution in [3.8, 4) is 0 Å². The second-order valence-electron chi connectivity index (χ2n) is 6.00. The maximum atomic E-state index is 11.5. The predicted molar refractivity (Wildman–Crippen MR) is 104 cm³/mol. The fourth-order valence-corrected chi connectivity index (χ4v) is 4.35. The van der Waals surface area contributed by atoms with E-state index in [2.05, 4.69) is 24.0 Å². The van der Waals surface area contributed by atoms with Gasteiger partial charge in [-0.2, -0.15) is 0 Å². The number of aliphatic hydroxyl groups is 1. The second kappa shape index (κ2) is 7.83. The number of hydrogen-bond acceptors (Lipinski definition) is 3. The van der Waals surface area contributed by atoms with Gasteiger partial charge in [-0.25, -0.2) is 4.98 Å². The first-order chi connectivity index (χ1) is 12.0. The minimum atomic E-state index is -1.16. The Labute approximate surface area is 161 Å². The normalized spacial score (nSPS) is 13.6. The van der Waals surface area contributed by atoms with Crippen molar-refractivity contribution in [2.45, 2.75) is 24.0 Å². The molecule has 0 saturated carbocycles. The molecular formula is C19H18Cl2N2OS. The van der Waals surface area contributed by atoms with Crippen LogP contribution in [0.3, 0.4) is 0 Å². The van der Waals surface area contributed by atoms with Crippen LogP contribution in [0, 0.1) is 6.92 Å². The Morgan fingerprint density at radius 1 is 1.20 bits per heavy atom. The summed E-state index contributed by atoms with van der Waals surface area (Å²) in [5, 5.41) is 12.5. The number of rotatable bonds is 6. The highest BCUT2D eigenvalue weighted by atomic mass is 35.5. The molecule has 0 saturated heterocycles. The van der Waals surface area contributed by atoms with Gasteiger partial charge in [0.25, 0.3) is 0 Å². The lowest BCUT2D eigenvalue weighted by Gasteiger charge is -2.30. The van der Waals surface area contributed by atoms with E-state index in [1.54, 1.807) is 42.5 Å². The zero-order valence-electron chi connectivity index (χ0n) is 13.7. The molecule has 1 heterocycles. The van der Waals surface area contributed by atoms with Crippen molar-refractivity contribution in [1.82, 2.24) is 9.55 Å². The van der Waals surface area contributed by atoms with Crippen LogP contribution in [0.1, 0.15) is 11.1 Å². The van der Waals surface area contributed by atoms with Crippen molar-refractivity contribution in [3.63, 3.8) is 0 Å². The van der Waals surface area contributed by atoms with E-state index in [-0.39, 0.29) is 0 Å². The molecule has 3 aromatic rings. The Bertz CT molecular complexity index is 854. The van der Waals surface area contributed by atoms with Crippen LogP contribution in [0.4, 0.5) is 0 Å². The first kappa shape index (κ1) is 18.3. The van der Waals surface area contributed by atoms with Crippen LogP contribution in [0.2, 0.25) is 10.0 Å². The zero-order chi connectivity index (χ0) is 17.9. The first-order valence-corrected chi connectivity index (χ1v) is 9.53. The summed E-state index contributed by atoms with van der Waals surface area (Å²) in [4.78, 5) is 5.16. The monoisotopic (exact) mass is 392 g/mol. The molecule has 0 amide bonds. The molecule has 130 valence electrons. The largest absolute Gasteiger partial charge is 0.382 e. The van der Waals surface area contributed by atoms with E-state index in [4.69, 9.17) is 23.2 Å². The molecule has 0 spiro atoms. The van der Waals surface area contributed by atoms with Gasteiger partial charge in [0.2, 0.25) is 0 Å². The van der Waals surface area contributed by atoms with E-state index in [0.29, 0.717) is 27.9 Å². The number of benzene rings is 2. The van der Waals surface area contributed by atoms with E-state index in [1.165, 1.54) is 5.56 Å². The highest BCUT2D eigenvalue weighted by molar-refractivity contribution is 7.99. The number of nitrogens with zero attached hydrogens (tertiary/aromatic N) is 2. The van der Waals surface area contributed by atoms with Gasteiger partial charge in [-0.1, -0.05) is 47.0 Å². The minimum Gasteiger partial charge on any atom is -0.382 e. The van der Waals surface area contributed by atoms with Crippen LogP contribution < -0.4 is 0 Å². The summed E-state index contributed by atoms with van der Waals surface area (Å²) < 4.78 is 1.85. The summed E-state index contributed by atoms with van der Waals surface area (Å²) in [6, 6.07) is 13.4. The molecule has 0 fully saturated rings. The molecular weight excluding hydrogens is 375 g/mol. The van der Waals surface area contributed by atoms with Crippen LogP contribution in [-0.2, 0) is 12.1 Å². The van der Waals surface area contributed by atoms with Gasteiger partial charge < -0.3 is 9.67 Å². The third-order valence-electron chi connectivity index (χ3n) is 3.90. The van der Waals surface area contributed by atoms with Gasteiger partial charge in [0.05, 0.1) is 12.9 Å². The van der Waals surface area contributed by atoms with E-state index < -0.39 is 5.60 Å². The maximum Gasteiger partial charge on any atom is 0.118 e. The van der Waals surface area contributed by atoms with E-state index in [1.807, 2.05) is 22.9 Å². The topological polar surface area (TPSA) is 38.0 Å². The standard InChI is InChI=1S/C19H18Cl2N2OS/c1-14-3-2-4-16(9-14)25-12-19(24,11-23-8-7-22-13-23)17-6-5-15(20)10-18(17)21/h2-10,13,24H,11-12H2,1H3. The molecule has 1 N–H and O–H groups in total. The van der Waals surface area contributed by atoms with Gasteiger partial charge >= 0.3 is 0 Å². The average molecular weight is 393 g/mol. The Kier molecular flexibility index (Phi) is 5.74. The number of imidazole rings is 1. The van der Waals surface area contributed by atoms with Crippen molar-refractivity contribution in [2.24, 2.45) is 0 Å². The summed E-state index contributed by atoms with van der Waals surface area (Å²) in [7, 11) is 0. The molecule has 1 aromatic heterocycles. The van der Waals surface area contributed by atoms with Crippen molar-refractivity contribution in [2.75, 3.05) is 5.75 Å². The SMILES string of the molecule is Cc1cccc(SCC(O)(Cn2ccnc2)c2ccc(Cl)cc2Cl)c1. The second-order valence-corrected chi connectivity index (χ2v) is 7.89. The van der Waals surface area contributed by atoms with E-state index in [0.717, 1.165) is 4.90 Å². The molecule has 0 aliphatic heterocycles. The lowest BCUT2D eigenvalue weighted by molar-refractivity contribution is 0.0435. The molecule has 2 aromatic carbocycles.